The maximum atomic E-state index is 11.4. The number of imide groups is 1. The molecule has 4 N–H and O–H groups in total. The molecule has 1 rings (SSSR count). The van der Waals surface area contributed by atoms with Gasteiger partial charge in [-0.05, 0) is 5.92 Å². The third-order valence-electron chi connectivity index (χ3n) is 1.67. The van der Waals surface area contributed by atoms with E-state index in [0.717, 1.165) is 0 Å². The summed E-state index contributed by atoms with van der Waals surface area (Å²) in [6, 6.07) is -0.480. The second-order valence-corrected chi connectivity index (χ2v) is 6.08. The van der Waals surface area contributed by atoms with Crippen molar-refractivity contribution in [2.75, 3.05) is 18.0 Å². The van der Waals surface area contributed by atoms with Crippen LogP contribution >= 0.6 is 23.1 Å². The van der Waals surface area contributed by atoms with E-state index in [1.54, 1.807) is 0 Å². The van der Waals surface area contributed by atoms with Crippen molar-refractivity contribution in [1.29, 1.82) is 0 Å². The van der Waals surface area contributed by atoms with Gasteiger partial charge in [-0.1, -0.05) is 36.9 Å². The highest BCUT2D eigenvalue weighted by Gasteiger charge is 2.10. The lowest BCUT2D eigenvalue weighted by Gasteiger charge is -2.07. The SMILES string of the molecule is CC(C)CNC(=O)NC(=O)CSc1nnc(N)s1. The summed E-state index contributed by atoms with van der Waals surface area (Å²) < 4.78 is 0.602. The van der Waals surface area contributed by atoms with Gasteiger partial charge in [0.1, 0.15) is 0 Å². The molecule has 3 amide bonds. The molecule has 0 spiro atoms. The molecule has 18 heavy (non-hydrogen) atoms. The molecule has 9 heteroatoms. The third-order valence-corrected chi connectivity index (χ3v) is 3.56. The first-order valence-corrected chi connectivity index (χ1v) is 7.07. The van der Waals surface area contributed by atoms with Gasteiger partial charge in [0, 0.05) is 6.54 Å². The van der Waals surface area contributed by atoms with E-state index in [4.69, 9.17) is 5.73 Å². The number of nitrogens with two attached hydrogens (primary N) is 1. The molecule has 7 nitrogen and oxygen atoms in total. The van der Waals surface area contributed by atoms with Crippen molar-refractivity contribution in [2.45, 2.75) is 18.2 Å². The molecule has 0 fully saturated rings. The molecule has 0 radical (unpaired) electrons. The van der Waals surface area contributed by atoms with Gasteiger partial charge >= 0.3 is 6.03 Å². The Kier molecular flexibility index (Phi) is 5.86. The van der Waals surface area contributed by atoms with Crippen molar-refractivity contribution in [1.82, 2.24) is 20.8 Å². The number of amides is 3. The number of thioether (sulfide) groups is 1. The second kappa shape index (κ2) is 7.17. The first kappa shape index (κ1) is 14.7. The fourth-order valence-electron chi connectivity index (χ4n) is 0.910. The van der Waals surface area contributed by atoms with Crippen LogP contribution in [0.15, 0.2) is 4.34 Å². The zero-order chi connectivity index (χ0) is 13.5. The number of carbonyl (C=O) groups is 2. The monoisotopic (exact) mass is 289 g/mol. The van der Waals surface area contributed by atoms with Crippen molar-refractivity contribution >= 4 is 40.2 Å². The highest BCUT2D eigenvalue weighted by Crippen LogP contribution is 2.22. The maximum absolute atomic E-state index is 11.4. The molecule has 1 heterocycles. The minimum atomic E-state index is -0.480. The Hall–Kier alpha value is -1.35. The number of nitrogen functional groups attached to an aromatic ring is 1. The summed E-state index contributed by atoms with van der Waals surface area (Å²) in [6.45, 7) is 4.47. The Labute approximate surface area is 113 Å². The summed E-state index contributed by atoms with van der Waals surface area (Å²) in [7, 11) is 0. The maximum Gasteiger partial charge on any atom is 0.321 e. The van der Waals surface area contributed by atoms with Crippen LogP contribution in [0.4, 0.5) is 9.93 Å². The summed E-state index contributed by atoms with van der Waals surface area (Å²) in [4.78, 5) is 22.7. The van der Waals surface area contributed by atoms with Gasteiger partial charge < -0.3 is 11.1 Å². The number of hydrogen-bond acceptors (Lipinski definition) is 7. The fourth-order valence-corrected chi connectivity index (χ4v) is 2.35. The van der Waals surface area contributed by atoms with Gasteiger partial charge in [0.15, 0.2) is 4.34 Å². The Morgan fingerprint density at radius 2 is 2.17 bits per heavy atom. The van der Waals surface area contributed by atoms with E-state index in [2.05, 4.69) is 20.8 Å². The summed E-state index contributed by atoms with van der Waals surface area (Å²) in [6.07, 6.45) is 0. The predicted molar refractivity (Wildman–Crippen MR) is 71.4 cm³/mol. The molecule has 0 aliphatic rings. The number of rotatable bonds is 5. The normalized spacial score (nSPS) is 10.4. The number of nitrogens with one attached hydrogen (secondary N) is 2. The van der Waals surface area contributed by atoms with Gasteiger partial charge in [-0.25, -0.2) is 4.79 Å². The van der Waals surface area contributed by atoms with Gasteiger partial charge in [-0.3, -0.25) is 10.1 Å². The quantitative estimate of drug-likeness (QED) is 0.688. The van der Waals surface area contributed by atoms with E-state index in [0.29, 0.717) is 21.9 Å². The van der Waals surface area contributed by atoms with Crippen molar-refractivity contribution in [3.05, 3.63) is 0 Å². The van der Waals surface area contributed by atoms with Crippen LogP contribution in [-0.4, -0.2) is 34.4 Å². The highest BCUT2D eigenvalue weighted by molar-refractivity contribution is 8.01. The van der Waals surface area contributed by atoms with Crippen molar-refractivity contribution in [2.24, 2.45) is 5.92 Å². The number of carbonyl (C=O) groups excluding carboxylic acids is 2. The zero-order valence-electron chi connectivity index (χ0n) is 10.1. The first-order chi connectivity index (χ1) is 8.47. The van der Waals surface area contributed by atoms with E-state index < -0.39 is 6.03 Å². The van der Waals surface area contributed by atoms with Crippen molar-refractivity contribution < 1.29 is 9.59 Å². The van der Waals surface area contributed by atoms with E-state index in [1.807, 2.05) is 13.8 Å². The predicted octanol–water partition coefficient (Wildman–Crippen LogP) is 0.694. The Bertz CT molecular complexity index is 421. The third kappa shape index (κ3) is 5.82. The molecule has 0 aliphatic heterocycles. The fraction of sp³-hybridized carbons (Fsp3) is 0.556. The molecular formula is C9H15N5O2S2. The molecule has 0 saturated heterocycles. The summed E-state index contributed by atoms with van der Waals surface area (Å²) in [5.74, 6) is 0.0589. The van der Waals surface area contributed by atoms with Crippen molar-refractivity contribution in [3.8, 4) is 0 Å². The van der Waals surface area contributed by atoms with E-state index >= 15 is 0 Å². The lowest BCUT2D eigenvalue weighted by Crippen LogP contribution is -2.41. The van der Waals surface area contributed by atoms with E-state index in [9.17, 15) is 9.59 Å². The molecule has 0 bridgehead atoms. The minimum absolute atomic E-state index is 0.101. The molecule has 0 atom stereocenters. The van der Waals surface area contributed by atoms with Crippen LogP contribution in [0.1, 0.15) is 13.8 Å². The van der Waals surface area contributed by atoms with Gasteiger partial charge in [0.2, 0.25) is 11.0 Å². The van der Waals surface area contributed by atoms with Crippen LogP contribution in [0.5, 0.6) is 0 Å². The average Bonchev–Trinajstić information content (AvgIpc) is 2.70. The van der Waals surface area contributed by atoms with E-state index in [1.165, 1.54) is 23.1 Å². The lowest BCUT2D eigenvalue weighted by molar-refractivity contribution is -0.117. The molecule has 0 aliphatic carbocycles. The van der Waals surface area contributed by atoms with Crippen LogP contribution < -0.4 is 16.4 Å². The smallest absolute Gasteiger partial charge is 0.321 e. The number of anilines is 1. The topological polar surface area (TPSA) is 110 Å². The number of hydrogen-bond donors (Lipinski definition) is 3. The molecule has 0 aromatic carbocycles. The molecule has 100 valence electrons. The zero-order valence-corrected chi connectivity index (χ0v) is 11.7. The molecule has 1 aromatic heterocycles. The standard InChI is InChI=1S/C9H15N5O2S2/c1-5(2)3-11-8(16)12-6(15)4-17-9-14-13-7(10)18-9/h5H,3-4H2,1-2H3,(H2,10,13)(H2,11,12,15,16). The molecule has 1 aromatic rings. The number of nitrogens with zero attached hydrogens (tertiary/aromatic N) is 2. The van der Waals surface area contributed by atoms with Gasteiger partial charge in [0.25, 0.3) is 0 Å². The van der Waals surface area contributed by atoms with Crippen LogP contribution in [0, 0.1) is 5.92 Å². The average molecular weight is 289 g/mol. The number of urea groups is 1. The second-order valence-electron chi connectivity index (χ2n) is 3.85. The van der Waals surface area contributed by atoms with Gasteiger partial charge in [-0.2, -0.15) is 0 Å². The van der Waals surface area contributed by atoms with Crippen LogP contribution in [0.25, 0.3) is 0 Å². The van der Waals surface area contributed by atoms with E-state index in [-0.39, 0.29) is 11.7 Å². The first-order valence-electron chi connectivity index (χ1n) is 5.27. The minimum Gasteiger partial charge on any atom is -0.374 e. The van der Waals surface area contributed by atoms with Crippen molar-refractivity contribution in [3.63, 3.8) is 0 Å². The lowest BCUT2D eigenvalue weighted by atomic mass is 10.2. The van der Waals surface area contributed by atoms with Gasteiger partial charge in [0.05, 0.1) is 5.75 Å². The molecular weight excluding hydrogens is 274 g/mol. The van der Waals surface area contributed by atoms with Gasteiger partial charge in [-0.15, -0.1) is 10.2 Å². The highest BCUT2D eigenvalue weighted by atomic mass is 32.2. The largest absolute Gasteiger partial charge is 0.374 e. The van der Waals surface area contributed by atoms with Crippen LogP contribution in [0.2, 0.25) is 0 Å². The number of aromatic nitrogens is 2. The van der Waals surface area contributed by atoms with Crippen LogP contribution in [-0.2, 0) is 4.79 Å². The summed E-state index contributed by atoms with van der Waals surface area (Å²) >= 11 is 2.39. The van der Waals surface area contributed by atoms with Crippen LogP contribution in [0.3, 0.4) is 0 Å². The summed E-state index contributed by atoms with van der Waals surface area (Å²) in [5.41, 5.74) is 5.40. The molecule has 0 unspecified atom stereocenters. The Morgan fingerprint density at radius 3 is 2.72 bits per heavy atom. The Morgan fingerprint density at radius 1 is 1.44 bits per heavy atom. The molecule has 0 saturated carbocycles. The summed E-state index contributed by atoms with van der Waals surface area (Å²) in [5, 5.41) is 12.5. The Balaban J connectivity index is 2.23.